The zero-order valence-electron chi connectivity index (χ0n) is 13.6. The summed E-state index contributed by atoms with van der Waals surface area (Å²) in [5.41, 5.74) is 6.79. The molecule has 0 radical (unpaired) electrons. The summed E-state index contributed by atoms with van der Waals surface area (Å²) in [5, 5.41) is 0. The van der Waals surface area contributed by atoms with Crippen LogP contribution in [0.4, 0.5) is 5.69 Å². The summed E-state index contributed by atoms with van der Waals surface area (Å²) >= 11 is 0. The molecule has 0 aromatic heterocycles. The Morgan fingerprint density at radius 1 is 1.32 bits per heavy atom. The smallest absolute Gasteiger partial charge is 0.326 e. The molecular formula is C17H24N2O3. The number of nitrogens with two attached hydrogens (primary N) is 1. The van der Waals surface area contributed by atoms with E-state index in [0.717, 1.165) is 11.3 Å². The van der Waals surface area contributed by atoms with Crippen molar-refractivity contribution in [2.75, 3.05) is 11.4 Å². The number of primary amides is 1. The minimum atomic E-state index is -0.509. The number of esters is 1. The van der Waals surface area contributed by atoms with Crippen LogP contribution >= 0.6 is 0 Å². The fourth-order valence-corrected chi connectivity index (χ4v) is 2.90. The highest BCUT2D eigenvalue weighted by Crippen LogP contribution is 2.38. The van der Waals surface area contributed by atoms with E-state index in [2.05, 4.69) is 0 Å². The fourth-order valence-electron chi connectivity index (χ4n) is 2.90. The molecule has 0 fully saturated rings. The van der Waals surface area contributed by atoms with E-state index in [0.29, 0.717) is 6.42 Å². The summed E-state index contributed by atoms with van der Waals surface area (Å²) < 4.78 is 5.41. The fraction of sp³-hybridized carbons (Fsp3) is 0.529. The van der Waals surface area contributed by atoms with Crippen molar-refractivity contribution >= 4 is 17.6 Å². The second-order valence-electron chi connectivity index (χ2n) is 6.81. The van der Waals surface area contributed by atoms with Crippen LogP contribution in [0, 0.1) is 0 Å². The lowest BCUT2D eigenvalue weighted by Gasteiger charge is -2.39. The van der Waals surface area contributed by atoms with Crippen molar-refractivity contribution < 1.29 is 14.3 Å². The van der Waals surface area contributed by atoms with Gasteiger partial charge in [-0.05, 0) is 45.7 Å². The number of para-hydroxylation sites is 1. The highest BCUT2D eigenvalue weighted by molar-refractivity contribution is 5.86. The molecule has 0 saturated heterocycles. The monoisotopic (exact) mass is 304 g/mol. The number of fused-ring (bicyclic) bond motifs is 1. The third-order valence-corrected chi connectivity index (χ3v) is 3.79. The molecule has 1 aromatic rings. The van der Waals surface area contributed by atoms with Crippen molar-refractivity contribution in [2.24, 2.45) is 5.73 Å². The molecule has 0 aliphatic carbocycles. The predicted molar refractivity (Wildman–Crippen MR) is 85.6 cm³/mol. The lowest BCUT2D eigenvalue weighted by Crippen LogP contribution is -2.45. The molecule has 5 heteroatoms. The van der Waals surface area contributed by atoms with Gasteiger partial charge in [-0.15, -0.1) is 0 Å². The van der Waals surface area contributed by atoms with E-state index in [1.165, 1.54) is 0 Å². The van der Waals surface area contributed by atoms with E-state index in [9.17, 15) is 9.59 Å². The van der Waals surface area contributed by atoms with Crippen molar-refractivity contribution in [2.45, 2.75) is 51.7 Å². The number of benzene rings is 1. The van der Waals surface area contributed by atoms with Crippen LogP contribution < -0.4 is 10.6 Å². The first kappa shape index (κ1) is 16.3. The highest BCUT2D eigenvalue weighted by Gasteiger charge is 2.34. The molecule has 120 valence electrons. The second-order valence-corrected chi connectivity index (χ2v) is 6.81. The Morgan fingerprint density at radius 3 is 2.55 bits per heavy atom. The van der Waals surface area contributed by atoms with Crippen molar-refractivity contribution in [3.05, 3.63) is 29.8 Å². The second kappa shape index (κ2) is 5.99. The lowest BCUT2D eigenvalue weighted by atomic mass is 9.85. The summed E-state index contributed by atoms with van der Waals surface area (Å²) in [6.07, 6.45) is 0.606. The number of amides is 1. The molecule has 1 aliphatic rings. The van der Waals surface area contributed by atoms with Crippen LogP contribution in [-0.2, 0) is 14.3 Å². The van der Waals surface area contributed by atoms with Crippen LogP contribution in [0.1, 0.15) is 45.6 Å². The summed E-state index contributed by atoms with van der Waals surface area (Å²) in [5.74, 6) is -0.899. The summed E-state index contributed by atoms with van der Waals surface area (Å²) in [6, 6.07) is 7.65. The van der Waals surface area contributed by atoms with E-state index in [-0.39, 0.29) is 30.4 Å². The Morgan fingerprint density at radius 2 is 1.95 bits per heavy atom. The number of carbonyl (C=O) groups is 2. The highest BCUT2D eigenvalue weighted by atomic mass is 16.6. The Kier molecular flexibility index (Phi) is 4.44. The zero-order valence-corrected chi connectivity index (χ0v) is 13.6. The number of rotatable bonds is 3. The normalized spacial score (nSPS) is 21.2. The van der Waals surface area contributed by atoms with Crippen molar-refractivity contribution in [3.8, 4) is 0 Å². The molecule has 1 aromatic carbocycles. The van der Waals surface area contributed by atoms with Gasteiger partial charge < -0.3 is 15.4 Å². The van der Waals surface area contributed by atoms with Crippen molar-refractivity contribution in [1.82, 2.24) is 0 Å². The van der Waals surface area contributed by atoms with Crippen LogP contribution in [0.5, 0.6) is 0 Å². The summed E-state index contributed by atoms with van der Waals surface area (Å²) in [6.45, 7) is 7.71. The molecule has 1 aliphatic heterocycles. The van der Waals surface area contributed by atoms with Gasteiger partial charge in [0, 0.05) is 11.7 Å². The maximum absolute atomic E-state index is 12.1. The van der Waals surface area contributed by atoms with E-state index in [1.807, 2.05) is 56.9 Å². The molecule has 1 amide bonds. The standard InChI is InChI=1S/C17H24N2O3/c1-11-9-13(16(18)21)12-7-5-6-8-14(12)19(11)10-15(20)22-17(2,3)4/h5-8,11,13H,9-10H2,1-4H3,(H2,18,21)/t11-,13+/m0/s1. The van der Waals surface area contributed by atoms with E-state index < -0.39 is 5.60 Å². The van der Waals surface area contributed by atoms with Crippen LogP contribution in [0.2, 0.25) is 0 Å². The Balaban J connectivity index is 2.27. The van der Waals surface area contributed by atoms with E-state index >= 15 is 0 Å². The van der Waals surface area contributed by atoms with Crippen molar-refractivity contribution in [3.63, 3.8) is 0 Å². The maximum Gasteiger partial charge on any atom is 0.326 e. The third kappa shape index (κ3) is 3.59. The van der Waals surface area contributed by atoms with Gasteiger partial charge in [0.1, 0.15) is 12.1 Å². The van der Waals surface area contributed by atoms with E-state index in [4.69, 9.17) is 10.5 Å². The quantitative estimate of drug-likeness (QED) is 0.869. The largest absolute Gasteiger partial charge is 0.459 e. The number of carbonyl (C=O) groups excluding carboxylic acids is 2. The molecule has 0 unspecified atom stereocenters. The molecule has 2 N–H and O–H groups in total. The summed E-state index contributed by atoms with van der Waals surface area (Å²) in [7, 11) is 0. The first-order valence-corrected chi connectivity index (χ1v) is 7.56. The van der Waals surface area contributed by atoms with Crippen LogP contribution in [0.25, 0.3) is 0 Å². The average Bonchev–Trinajstić information content (AvgIpc) is 2.39. The third-order valence-electron chi connectivity index (χ3n) is 3.79. The van der Waals surface area contributed by atoms with Gasteiger partial charge in [-0.3, -0.25) is 9.59 Å². The molecule has 0 saturated carbocycles. The Bertz CT molecular complexity index is 578. The van der Waals surface area contributed by atoms with Gasteiger partial charge in [-0.1, -0.05) is 18.2 Å². The minimum Gasteiger partial charge on any atom is -0.459 e. The maximum atomic E-state index is 12.1. The zero-order chi connectivity index (χ0) is 16.5. The van der Waals surface area contributed by atoms with Crippen molar-refractivity contribution in [1.29, 1.82) is 0 Å². The molecular weight excluding hydrogens is 280 g/mol. The number of ether oxygens (including phenoxy) is 1. The molecule has 5 nitrogen and oxygen atoms in total. The van der Waals surface area contributed by atoms with Gasteiger partial charge in [-0.25, -0.2) is 0 Å². The van der Waals surface area contributed by atoms with Crippen LogP contribution in [-0.4, -0.2) is 30.1 Å². The first-order chi connectivity index (χ1) is 10.2. The molecule has 0 bridgehead atoms. The Hall–Kier alpha value is -2.04. The van der Waals surface area contributed by atoms with Crippen LogP contribution in [0.15, 0.2) is 24.3 Å². The average molecular weight is 304 g/mol. The van der Waals surface area contributed by atoms with Gasteiger partial charge >= 0.3 is 5.97 Å². The predicted octanol–water partition coefficient (Wildman–Crippen LogP) is 2.20. The number of nitrogens with zero attached hydrogens (tertiary/aromatic N) is 1. The number of hydrogen-bond donors (Lipinski definition) is 1. The van der Waals surface area contributed by atoms with E-state index in [1.54, 1.807) is 0 Å². The minimum absolute atomic E-state index is 0.0416. The number of anilines is 1. The molecule has 22 heavy (non-hydrogen) atoms. The molecule has 2 atom stereocenters. The summed E-state index contributed by atoms with van der Waals surface area (Å²) in [4.78, 5) is 25.8. The number of hydrogen-bond acceptors (Lipinski definition) is 4. The van der Waals surface area contributed by atoms with Gasteiger partial charge in [0.15, 0.2) is 0 Å². The molecule has 1 heterocycles. The van der Waals surface area contributed by atoms with Gasteiger partial charge in [0.2, 0.25) is 5.91 Å². The van der Waals surface area contributed by atoms with Gasteiger partial charge in [0.25, 0.3) is 0 Å². The first-order valence-electron chi connectivity index (χ1n) is 7.56. The van der Waals surface area contributed by atoms with Crippen LogP contribution in [0.3, 0.4) is 0 Å². The lowest BCUT2D eigenvalue weighted by molar-refractivity contribution is -0.153. The van der Waals surface area contributed by atoms with Gasteiger partial charge in [0.05, 0.1) is 5.92 Å². The topological polar surface area (TPSA) is 72.6 Å². The Labute approximate surface area is 131 Å². The SMILES string of the molecule is C[C@H]1C[C@@H](C(N)=O)c2ccccc2N1CC(=O)OC(C)(C)C. The molecule has 2 rings (SSSR count). The molecule has 0 spiro atoms. The van der Waals surface area contributed by atoms with Gasteiger partial charge in [-0.2, -0.15) is 0 Å².